The summed E-state index contributed by atoms with van der Waals surface area (Å²) in [6, 6.07) is 15.4. The maximum atomic E-state index is 5.88. The van der Waals surface area contributed by atoms with Crippen LogP contribution in [0.15, 0.2) is 48.5 Å². The van der Waals surface area contributed by atoms with Crippen LogP contribution in [0.5, 0.6) is 11.5 Å². The number of ether oxygens (including phenoxy) is 3. The molecule has 0 bridgehead atoms. The SMILES string of the molecule is COc1ccccc1OCCOCCc1ccccc1N. The minimum atomic E-state index is 0.491. The zero-order valence-corrected chi connectivity index (χ0v) is 12.2. The zero-order valence-electron chi connectivity index (χ0n) is 12.2. The predicted octanol–water partition coefficient (Wildman–Crippen LogP) is 2.92. The highest BCUT2D eigenvalue weighted by molar-refractivity contribution is 5.46. The van der Waals surface area contributed by atoms with Crippen LogP contribution in [-0.2, 0) is 11.2 Å². The first-order valence-electron chi connectivity index (χ1n) is 6.98. The van der Waals surface area contributed by atoms with Crippen LogP contribution in [0.25, 0.3) is 0 Å². The summed E-state index contributed by atoms with van der Waals surface area (Å²) in [6.45, 7) is 1.65. The molecule has 0 aliphatic carbocycles. The molecule has 0 spiro atoms. The van der Waals surface area contributed by atoms with Gasteiger partial charge in [-0.2, -0.15) is 0 Å². The molecule has 0 amide bonds. The lowest BCUT2D eigenvalue weighted by molar-refractivity contribution is 0.101. The fourth-order valence-electron chi connectivity index (χ4n) is 1.99. The topological polar surface area (TPSA) is 53.7 Å². The van der Waals surface area contributed by atoms with Gasteiger partial charge in [0.15, 0.2) is 11.5 Å². The van der Waals surface area contributed by atoms with E-state index in [1.54, 1.807) is 7.11 Å². The van der Waals surface area contributed by atoms with Gasteiger partial charge in [-0.1, -0.05) is 30.3 Å². The van der Waals surface area contributed by atoms with Crippen LogP contribution in [0, 0.1) is 0 Å². The van der Waals surface area contributed by atoms with Crippen molar-refractivity contribution in [2.75, 3.05) is 32.7 Å². The molecule has 0 fully saturated rings. The first-order chi connectivity index (χ1) is 10.3. The van der Waals surface area contributed by atoms with Crippen LogP contribution >= 0.6 is 0 Å². The Morgan fingerprint density at radius 1 is 0.857 bits per heavy atom. The van der Waals surface area contributed by atoms with Crippen molar-refractivity contribution < 1.29 is 14.2 Å². The van der Waals surface area contributed by atoms with Crippen LogP contribution in [0.4, 0.5) is 5.69 Å². The molecule has 0 heterocycles. The first kappa shape index (κ1) is 15.2. The fraction of sp³-hybridized carbons (Fsp3) is 0.294. The molecule has 2 aromatic rings. The van der Waals surface area contributed by atoms with Gasteiger partial charge in [-0.25, -0.2) is 0 Å². The summed E-state index contributed by atoms with van der Waals surface area (Å²) < 4.78 is 16.4. The van der Waals surface area contributed by atoms with Gasteiger partial charge in [-0.15, -0.1) is 0 Å². The van der Waals surface area contributed by atoms with Crippen LogP contribution < -0.4 is 15.2 Å². The van der Waals surface area contributed by atoms with Crippen molar-refractivity contribution in [1.82, 2.24) is 0 Å². The molecule has 2 rings (SSSR count). The Hall–Kier alpha value is -2.20. The van der Waals surface area contributed by atoms with E-state index in [1.807, 2.05) is 48.5 Å². The average molecular weight is 287 g/mol. The Labute approximate surface area is 125 Å². The number of hydrogen-bond donors (Lipinski definition) is 1. The summed E-state index contributed by atoms with van der Waals surface area (Å²) >= 11 is 0. The van der Waals surface area contributed by atoms with Crippen molar-refractivity contribution >= 4 is 5.69 Å². The second-order valence-electron chi connectivity index (χ2n) is 4.56. The molecule has 0 saturated carbocycles. The first-order valence-corrected chi connectivity index (χ1v) is 6.98. The third kappa shape index (κ3) is 4.68. The highest BCUT2D eigenvalue weighted by Gasteiger charge is 2.02. The predicted molar refractivity (Wildman–Crippen MR) is 83.9 cm³/mol. The van der Waals surface area contributed by atoms with Gasteiger partial charge < -0.3 is 19.9 Å². The summed E-state index contributed by atoms with van der Waals surface area (Å²) in [4.78, 5) is 0. The molecule has 21 heavy (non-hydrogen) atoms. The zero-order chi connectivity index (χ0) is 14.9. The molecule has 2 N–H and O–H groups in total. The Bertz CT molecular complexity index is 557. The number of benzene rings is 2. The van der Waals surface area contributed by atoms with E-state index < -0.39 is 0 Å². The van der Waals surface area contributed by atoms with Crippen LogP contribution in [0.2, 0.25) is 0 Å². The number of methoxy groups -OCH3 is 1. The van der Waals surface area contributed by atoms with E-state index in [2.05, 4.69) is 0 Å². The Kier molecular flexibility index (Phi) is 5.91. The van der Waals surface area contributed by atoms with Crippen molar-refractivity contribution in [3.05, 3.63) is 54.1 Å². The molecular weight excluding hydrogens is 266 g/mol. The maximum Gasteiger partial charge on any atom is 0.161 e. The van der Waals surface area contributed by atoms with E-state index in [-0.39, 0.29) is 0 Å². The minimum absolute atomic E-state index is 0.491. The van der Waals surface area contributed by atoms with E-state index in [4.69, 9.17) is 19.9 Å². The van der Waals surface area contributed by atoms with Gasteiger partial charge in [-0.05, 0) is 30.2 Å². The smallest absolute Gasteiger partial charge is 0.161 e. The lowest BCUT2D eigenvalue weighted by Gasteiger charge is -2.10. The molecule has 0 aliphatic rings. The fourth-order valence-corrected chi connectivity index (χ4v) is 1.99. The number of rotatable bonds is 8. The van der Waals surface area contributed by atoms with Gasteiger partial charge >= 0.3 is 0 Å². The van der Waals surface area contributed by atoms with E-state index in [9.17, 15) is 0 Å². The van der Waals surface area contributed by atoms with Crippen molar-refractivity contribution in [3.8, 4) is 11.5 Å². The molecular formula is C17H21NO3. The number of anilines is 1. The molecule has 0 saturated heterocycles. The Balaban J connectivity index is 1.65. The van der Waals surface area contributed by atoms with E-state index in [0.717, 1.165) is 29.2 Å². The molecule has 0 atom stereocenters. The van der Waals surface area contributed by atoms with E-state index in [1.165, 1.54) is 0 Å². The quantitative estimate of drug-likeness (QED) is 0.599. The van der Waals surface area contributed by atoms with Gasteiger partial charge in [0.1, 0.15) is 6.61 Å². The molecule has 0 unspecified atom stereocenters. The third-order valence-corrected chi connectivity index (χ3v) is 3.13. The summed E-state index contributed by atoms with van der Waals surface area (Å²) in [6.07, 6.45) is 0.807. The summed E-state index contributed by atoms with van der Waals surface area (Å²) in [5, 5.41) is 0. The van der Waals surface area contributed by atoms with Gasteiger partial charge in [0.2, 0.25) is 0 Å². The van der Waals surface area contributed by atoms with Gasteiger partial charge in [0.05, 0.1) is 20.3 Å². The molecule has 0 aliphatic heterocycles. The molecule has 0 aromatic heterocycles. The molecule has 0 radical (unpaired) electrons. The summed E-state index contributed by atoms with van der Waals surface area (Å²) in [5.41, 5.74) is 7.80. The minimum Gasteiger partial charge on any atom is -0.493 e. The standard InChI is InChI=1S/C17H21NO3/c1-19-16-8-4-5-9-17(16)21-13-12-20-11-10-14-6-2-3-7-15(14)18/h2-9H,10-13,18H2,1H3. The van der Waals surface area contributed by atoms with Gasteiger partial charge in [0, 0.05) is 5.69 Å². The third-order valence-electron chi connectivity index (χ3n) is 3.13. The monoisotopic (exact) mass is 287 g/mol. The average Bonchev–Trinajstić information content (AvgIpc) is 2.52. The number of nitrogen functional groups attached to an aromatic ring is 1. The summed E-state index contributed by atoms with van der Waals surface area (Å²) in [7, 11) is 1.63. The normalized spacial score (nSPS) is 10.3. The Morgan fingerprint density at radius 3 is 2.33 bits per heavy atom. The number of para-hydroxylation sites is 3. The van der Waals surface area contributed by atoms with Crippen molar-refractivity contribution in [2.45, 2.75) is 6.42 Å². The van der Waals surface area contributed by atoms with Crippen LogP contribution in [-0.4, -0.2) is 26.9 Å². The molecule has 4 heteroatoms. The lowest BCUT2D eigenvalue weighted by atomic mass is 10.1. The lowest BCUT2D eigenvalue weighted by Crippen LogP contribution is -2.09. The van der Waals surface area contributed by atoms with Crippen LogP contribution in [0.1, 0.15) is 5.56 Å². The molecule has 112 valence electrons. The van der Waals surface area contributed by atoms with Crippen molar-refractivity contribution in [1.29, 1.82) is 0 Å². The number of nitrogens with two attached hydrogens (primary N) is 1. The highest BCUT2D eigenvalue weighted by Crippen LogP contribution is 2.25. The second-order valence-corrected chi connectivity index (χ2v) is 4.56. The van der Waals surface area contributed by atoms with Crippen molar-refractivity contribution in [2.24, 2.45) is 0 Å². The second kappa shape index (κ2) is 8.17. The van der Waals surface area contributed by atoms with E-state index >= 15 is 0 Å². The highest BCUT2D eigenvalue weighted by atomic mass is 16.5. The number of hydrogen-bond acceptors (Lipinski definition) is 4. The molecule has 2 aromatic carbocycles. The largest absolute Gasteiger partial charge is 0.493 e. The maximum absolute atomic E-state index is 5.88. The summed E-state index contributed by atoms with van der Waals surface area (Å²) in [5.74, 6) is 1.46. The van der Waals surface area contributed by atoms with Crippen LogP contribution in [0.3, 0.4) is 0 Å². The molecule has 4 nitrogen and oxygen atoms in total. The van der Waals surface area contributed by atoms with Crippen molar-refractivity contribution in [3.63, 3.8) is 0 Å². The van der Waals surface area contributed by atoms with E-state index in [0.29, 0.717) is 19.8 Å². The Morgan fingerprint density at radius 2 is 1.57 bits per heavy atom. The van der Waals surface area contributed by atoms with Gasteiger partial charge in [-0.3, -0.25) is 0 Å². The van der Waals surface area contributed by atoms with Gasteiger partial charge in [0.25, 0.3) is 0 Å².